The fraction of sp³-hybridized carbons (Fsp3) is 0.562. The van der Waals surface area contributed by atoms with Crippen LogP contribution in [0.1, 0.15) is 36.2 Å². The molecule has 1 aromatic rings. The molecule has 3 heteroatoms. The van der Waals surface area contributed by atoms with Crippen LogP contribution in [-0.2, 0) is 6.42 Å². The van der Waals surface area contributed by atoms with Crippen molar-refractivity contribution in [2.75, 3.05) is 27.2 Å². The second kappa shape index (κ2) is 8.08. The van der Waals surface area contributed by atoms with Gasteiger partial charge in [0.1, 0.15) is 0 Å². The number of nitrogens with one attached hydrogen (secondary N) is 1. The second-order valence-electron chi connectivity index (χ2n) is 5.25. The average molecular weight is 262 g/mol. The number of nitrogens with zero attached hydrogens (tertiary/aromatic N) is 1. The molecule has 1 atom stereocenters. The minimum absolute atomic E-state index is 0.116. The van der Waals surface area contributed by atoms with E-state index in [2.05, 4.69) is 31.2 Å². The Hall–Kier alpha value is -1.19. The van der Waals surface area contributed by atoms with Gasteiger partial charge >= 0.3 is 0 Å². The Balaban J connectivity index is 2.42. The van der Waals surface area contributed by atoms with Gasteiger partial charge in [0.05, 0.1) is 6.04 Å². The van der Waals surface area contributed by atoms with E-state index >= 15 is 0 Å². The van der Waals surface area contributed by atoms with Crippen LogP contribution in [0.15, 0.2) is 24.3 Å². The van der Waals surface area contributed by atoms with Gasteiger partial charge in [-0.25, -0.2) is 0 Å². The molecule has 0 saturated heterocycles. The van der Waals surface area contributed by atoms with Gasteiger partial charge < -0.3 is 10.2 Å². The van der Waals surface area contributed by atoms with Crippen LogP contribution < -0.4 is 5.32 Å². The smallest absolute Gasteiger partial charge is 0.179 e. The molecule has 19 heavy (non-hydrogen) atoms. The average Bonchev–Trinajstić information content (AvgIpc) is 2.42. The fourth-order valence-electron chi connectivity index (χ4n) is 1.96. The summed E-state index contributed by atoms with van der Waals surface area (Å²) >= 11 is 0. The molecule has 1 aromatic carbocycles. The van der Waals surface area contributed by atoms with Crippen LogP contribution >= 0.6 is 0 Å². The Labute approximate surface area is 117 Å². The number of hydrogen-bond acceptors (Lipinski definition) is 3. The largest absolute Gasteiger partial charge is 0.309 e. The number of carbonyl (C=O) groups excluding carboxylic acids is 1. The zero-order valence-corrected chi connectivity index (χ0v) is 12.6. The lowest BCUT2D eigenvalue weighted by atomic mass is 10.0. The normalized spacial score (nSPS) is 12.7. The van der Waals surface area contributed by atoms with Crippen molar-refractivity contribution >= 4 is 5.78 Å². The maximum Gasteiger partial charge on any atom is 0.179 e. The second-order valence-corrected chi connectivity index (χ2v) is 5.25. The van der Waals surface area contributed by atoms with E-state index in [1.165, 1.54) is 5.56 Å². The molecule has 0 aromatic heterocycles. The van der Waals surface area contributed by atoms with Crippen LogP contribution in [0.2, 0.25) is 0 Å². The highest BCUT2D eigenvalue weighted by Gasteiger charge is 2.13. The van der Waals surface area contributed by atoms with Crippen LogP contribution in [0.25, 0.3) is 0 Å². The van der Waals surface area contributed by atoms with Crippen molar-refractivity contribution in [1.82, 2.24) is 10.2 Å². The van der Waals surface area contributed by atoms with E-state index in [-0.39, 0.29) is 11.8 Å². The number of aryl methyl sites for hydroxylation is 1. The van der Waals surface area contributed by atoms with Crippen LogP contribution in [0.5, 0.6) is 0 Å². The molecule has 0 amide bonds. The van der Waals surface area contributed by atoms with Crippen molar-refractivity contribution in [1.29, 1.82) is 0 Å². The Morgan fingerprint density at radius 1 is 1.26 bits per heavy atom. The lowest BCUT2D eigenvalue weighted by molar-refractivity contribution is 0.0951. The van der Waals surface area contributed by atoms with Crippen LogP contribution in [0.3, 0.4) is 0 Å². The first-order valence-corrected chi connectivity index (χ1v) is 7.06. The van der Waals surface area contributed by atoms with Gasteiger partial charge in [-0.15, -0.1) is 0 Å². The van der Waals surface area contributed by atoms with Gasteiger partial charge in [-0.05, 0) is 52.5 Å². The van der Waals surface area contributed by atoms with Gasteiger partial charge in [0, 0.05) is 5.56 Å². The van der Waals surface area contributed by atoms with Crippen molar-refractivity contribution in [2.24, 2.45) is 0 Å². The summed E-state index contributed by atoms with van der Waals surface area (Å²) < 4.78 is 0. The molecule has 106 valence electrons. The molecule has 0 heterocycles. The summed E-state index contributed by atoms with van der Waals surface area (Å²) in [6.45, 7) is 5.97. The summed E-state index contributed by atoms with van der Waals surface area (Å²) in [5.41, 5.74) is 2.06. The predicted octanol–water partition coefficient (Wildman–Crippen LogP) is 2.36. The maximum absolute atomic E-state index is 12.2. The lowest BCUT2D eigenvalue weighted by Crippen LogP contribution is -2.35. The van der Waals surface area contributed by atoms with E-state index < -0.39 is 0 Å². The number of hydrogen-bond donors (Lipinski definition) is 1. The minimum atomic E-state index is -0.116. The van der Waals surface area contributed by atoms with Gasteiger partial charge in [0.2, 0.25) is 0 Å². The van der Waals surface area contributed by atoms with E-state index in [9.17, 15) is 4.79 Å². The Morgan fingerprint density at radius 3 is 2.42 bits per heavy atom. The summed E-state index contributed by atoms with van der Waals surface area (Å²) in [6, 6.07) is 7.81. The highest BCUT2D eigenvalue weighted by Crippen LogP contribution is 2.07. The van der Waals surface area contributed by atoms with Gasteiger partial charge in [-0.2, -0.15) is 0 Å². The van der Waals surface area contributed by atoms with Crippen LogP contribution in [0, 0.1) is 0 Å². The first-order chi connectivity index (χ1) is 9.04. The molecule has 3 nitrogen and oxygen atoms in total. The molecule has 0 spiro atoms. The molecule has 0 bridgehead atoms. The lowest BCUT2D eigenvalue weighted by Gasteiger charge is -2.14. The Bertz CT molecular complexity index is 384. The van der Waals surface area contributed by atoms with Crippen molar-refractivity contribution in [2.45, 2.75) is 32.7 Å². The fourth-order valence-corrected chi connectivity index (χ4v) is 1.96. The molecule has 0 aliphatic carbocycles. The molecule has 1 unspecified atom stereocenters. The molecule has 0 saturated carbocycles. The van der Waals surface area contributed by atoms with Crippen molar-refractivity contribution < 1.29 is 4.79 Å². The number of Topliss-reactive ketones (excluding diaryl/α,β-unsaturated/α-hetero) is 1. The number of rotatable bonds is 8. The van der Waals surface area contributed by atoms with Crippen molar-refractivity contribution in [3.8, 4) is 0 Å². The third-order valence-corrected chi connectivity index (χ3v) is 3.27. The first kappa shape index (κ1) is 15.9. The van der Waals surface area contributed by atoms with E-state index in [4.69, 9.17) is 0 Å². The SMILES string of the molecule is CCc1ccc(C(=O)C(C)NCCCN(C)C)cc1. The first-order valence-electron chi connectivity index (χ1n) is 7.06. The monoisotopic (exact) mass is 262 g/mol. The zero-order chi connectivity index (χ0) is 14.3. The van der Waals surface area contributed by atoms with Crippen molar-refractivity contribution in [3.63, 3.8) is 0 Å². The van der Waals surface area contributed by atoms with E-state index in [0.29, 0.717) is 0 Å². The van der Waals surface area contributed by atoms with Gasteiger partial charge in [0.15, 0.2) is 5.78 Å². The molecule has 1 N–H and O–H groups in total. The van der Waals surface area contributed by atoms with Crippen LogP contribution in [0.4, 0.5) is 0 Å². The van der Waals surface area contributed by atoms with Crippen molar-refractivity contribution in [3.05, 3.63) is 35.4 Å². The summed E-state index contributed by atoms with van der Waals surface area (Å²) in [4.78, 5) is 14.3. The summed E-state index contributed by atoms with van der Waals surface area (Å²) in [7, 11) is 4.12. The predicted molar refractivity (Wildman–Crippen MR) is 80.8 cm³/mol. The molecular formula is C16H26N2O. The molecule has 0 aliphatic heterocycles. The zero-order valence-electron chi connectivity index (χ0n) is 12.6. The number of carbonyl (C=O) groups is 1. The van der Waals surface area contributed by atoms with E-state index in [0.717, 1.165) is 31.5 Å². The topological polar surface area (TPSA) is 32.3 Å². The third kappa shape index (κ3) is 5.53. The highest BCUT2D eigenvalue weighted by molar-refractivity contribution is 5.99. The van der Waals surface area contributed by atoms with Gasteiger partial charge in [0.25, 0.3) is 0 Å². The maximum atomic E-state index is 12.2. The Morgan fingerprint density at radius 2 is 1.89 bits per heavy atom. The Kier molecular flexibility index (Phi) is 6.74. The quantitative estimate of drug-likeness (QED) is 0.576. The van der Waals surface area contributed by atoms with Crippen LogP contribution in [-0.4, -0.2) is 43.9 Å². The number of ketones is 1. The summed E-state index contributed by atoms with van der Waals surface area (Å²) in [6.07, 6.45) is 2.06. The van der Waals surface area contributed by atoms with Gasteiger partial charge in [-0.1, -0.05) is 31.2 Å². The molecular weight excluding hydrogens is 236 g/mol. The molecule has 0 aliphatic rings. The summed E-state index contributed by atoms with van der Waals surface area (Å²) in [5.74, 6) is 0.174. The standard InChI is InChI=1S/C16H26N2O/c1-5-14-7-9-15(10-8-14)16(19)13(2)17-11-6-12-18(3)4/h7-10,13,17H,5-6,11-12H2,1-4H3. The van der Waals surface area contributed by atoms with E-state index in [1.807, 2.05) is 31.2 Å². The third-order valence-electron chi connectivity index (χ3n) is 3.27. The highest BCUT2D eigenvalue weighted by atomic mass is 16.1. The summed E-state index contributed by atoms with van der Waals surface area (Å²) in [5, 5.41) is 3.29. The minimum Gasteiger partial charge on any atom is -0.309 e. The molecule has 1 rings (SSSR count). The van der Waals surface area contributed by atoms with Gasteiger partial charge in [-0.3, -0.25) is 4.79 Å². The number of benzene rings is 1. The van der Waals surface area contributed by atoms with E-state index in [1.54, 1.807) is 0 Å². The molecule has 0 radical (unpaired) electrons. The molecule has 0 fully saturated rings.